The molecule has 3 aromatic rings. The summed E-state index contributed by atoms with van der Waals surface area (Å²) in [6.45, 7) is 1.45. The van der Waals surface area contributed by atoms with E-state index in [0.717, 1.165) is 10.5 Å². The van der Waals surface area contributed by atoms with Gasteiger partial charge in [0.15, 0.2) is 0 Å². The maximum absolute atomic E-state index is 13.4. The number of amides is 2. The molecule has 8 heteroatoms. The van der Waals surface area contributed by atoms with Gasteiger partial charge in [-0.15, -0.1) is 11.8 Å². The van der Waals surface area contributed by atoms with Crippen LogP contribution in [-0.2, 0) is 9.59 Å². The number of nitrogens with one attached hydrogen (secondary N) is 2. The Balaban J connectivity index is 1.91. The topological polar surface area (TPSA) is 76.7 Å². The van der Waals surface area contributed by atoms with Crippen LogP contribution in [0.2, 0.25) is 5.02 Å². The summed E-state index contributed by atoms with van der Waals surface area (Å²) in [5.74, 6) is 0.480. The van der Waals surface area contributed by atoms with Crippen molar-refractivity contribution >= 4 is 46.6 Å². The Labute approximate surface area is 196 Å². The first kappa shape index (κ1) is 23.5. The number of hydrogen-bond acceptors (Lipinski definition) is 5. The predicted molar refractivity (Wildman–Crippen MR) is 129 cm³/mol. The molecule has 0 radical (unpaired) electrons. The van der Waals surface area contributed by atoms with Crippen molar-refractivity contribution in [1.82, 2.24) is 0 Å². The van der Waals surface area contributed by atoms with Gasteiger partial charge in [-0.1, -0.05) is 48.0 Å². The van der Waals surface area contributed by atoms with Crippen LogP contribution < -0.4 is 20.1 Å². The number of halogens is 1. The summed E-state index contributed by atoms with van der Waals surface area (Å²) < 4.78 is 10.6. The van der Waals surface area contributed by atoms with Gasteiger partial charge >= 0.3 is 0 Å². The zero-order valence-corrected chi connectivity index (χ0v) is 19.4. The number of ether oxygens (including phenoxy) is 2. The van der Waals surface area contributed by atoms with Crippen molar-refractivity contribution in [2.24, 2.45) is 0 Å². The second kappa shape index (κ2) is 10.9. The lowest BCUT2D eigenvalue weighted by Crippen LogP contribution is -2.19. The fourth-order valence-electron chi connectivity index (χ4n) is 3.04. The summed E-state index contributed by atoms with van der Waals surface area (Å²) in [7, 11) is 3.02. The first-order chi connectivity index (χ1) is 15.4. The third-order valence-corrected chi connectivity index (χ3v) is 6.02. The van der Waals surface area contributed by atoms with Gasteiger partial charge < -0.3 is 20.1 Å². The summed E-state index contributed by atoms with van der Waals surface area (Å²) in [6.07, 6.45) is 0. The van der Waals surface area contributed by atoms with Gasteiger partial charge in [0.1, 0.15) is 16.7 Å². The molecular weight excluding hydrogens is 448 g/mol. The Bertz CT molecular complexity index is 1110. The second-order valence-corrected chi connectivity index (χ2v) is 8.38. The number of methoxy groups -OCH3 is 2. The van der Waals surface area contributed by atoms with E-state index in [2.05, 4.69) is 10.6 Å². The van der Waals surface area contributed by atoms with Gasteiger partial charge in [0.25, 0.3) is 0 Å². The van der Waals surface area contributed by atoms with E-state index in [0.29, 0.717) is 27.9 Å². The minimum absolute atomic E-state index is 0.159. The number of anilines is 2. The molecule has 0 spiro atoms. The number of hydrogen-bond donors (Lipinski definition) is 2. The third-order valence-electron chi connectivity index (χ3n) is 4.48. The normalized spacial score (nSPS) is 11.4. The summed E-state index contributed by atoms with van der Waals surface area (Å²) in [5, 5.41) is 5.48. The van der Waals surface area contributed by atoms with Gasteiger partial charge in [0.2, 0.25) is 11.8 Å². The lowest BCUT2D eigenvalue weighted by Gasteiger charge is -2.19. The fraction of sp³-hybridized carbons (Fsp3) is 0.167. The van der Waals surface area contributed by atoms with Crippen LogP contribution >= 0.6 is 23.4 Å². The molecule has 2 amide bonds. The summed E-state index contributed by atoms with van der Waals surface area (Å²) in [5.41, 5.74) is 1.94. The van der Waals surface area contributed by atoms with E-state index in [9.17, 15) is 9.59 Å². The van der Waals surface area contributed by atoms with E-state index in [1.807, 2.05) is 48.5 Å². The Morgan fingerprint density at radius 2 is 1.62 bits per heavy atom. The zero-order chi connectivity index (χ0) is 23.1. The van der Waals surface area contributed by atoms with Crippen molar-refractivity contribution in [2.75, 3.05) is 24.9 Å². The minimum Gasteiger partial charge on any atom is -0.495 e. The van der Waals surface area contributed by atoms with Crippen molar-refractivity contribution in [2.45, 2.75) is 17.1 Å². The molecule has 1 unspecified atom stereocenters. The van der Waals surface area contributed by atoms with Crippen molar-refractivity contribution < 1.29 is 19.1 Å². The fourth-order valence-corrected chi connectivity index (χ4v) is 4.37. The molecular formula is C24H23ClN2O4S. The Morgan fingerprint density at radius 3 is 2.28 bits per heavy atom. The number of carbonyl (C=O) groups excluding carboxylic acids is 2. The lowest BCUT2D eigenvalue weighted by atomic mass is 10.1. The molecule has 0 heterocycles. The summed E-state index contributed by atoms with van der Waals surface area (Å²) >= 11 is 7.63. The Morgan fingerprint density at radius 1 is 0.906 bits per heavy atom. The van der Waals surface area contributed by atoms with Crippen LogP contribution in [0.3, 0.4) is 0 Å². The lowest BCUT2D eigenvalue weighted by molar-refractivity contribution is -0.116. The van der Waals surface area contributed by atoms with E-state index in [-0.39, 0.29) is 11.8 Å². The molecule has 32 heavy (non-hydrogen) atoms. The quantitative estimate of drug-likeness (QED) is 0.407. The zero-order valence-electron chi connectivity index (χ0n) is 17.8. The summed E-state index contributed by atoms with van der Waals surface area (Å²) in [6, 6.07) is 20.0. The van der Waals surface area contributed by atoms with E-state index in [1.54, 1.807) is 18.2 Å². The van der Waals surface area contributed by atoms with Crippen LogP contribution in [0.4, 0.5) is 11.4 Å². The average molecular weight is 471 g/mol. The monoisotopic (exact) mass is 470 g/mol. The Kier molecular flexibility index (Phi) is 8.03. The van der Waals surface area contributed by atoms with Gasteiger partial charge in [0.05, 0.1) is 24.9 Å². The van der Waals surface area contributed by atoms with Gasteiger partial charge in [-0.2, -0.15) is 0 Å². The van der Waals surface area contributed by atoms with Gasteiger partial charge in [-0.25, -0.2) is 0 Å². The van der Waals surface area contributed by atoms with E-state index in [4.69, 9.17) is 21.1 Å². The minimum atomic E-state index is -0.561. The van der Waals surface area contributed by atoms with Crippen LogP contribution in [-0.4, -0.2) is 26.0 Å². The molecule has 1 atom stereocenters. The number of carbonyl (C=O) groups is 2. The largest absolute Gasteiger partial charge is 0.495 e. The second-order valence-electron chi connectivity index (χ2n) is 6.79. The third kappa shape index (κ3) is 5.96. The van der Waals surface area contributed by atoms with Gasteiger partial charge in [0, 0.05) is 23.6 Å². The van der Waals surface area contributed by atoms with Gasteiger partial charge in [-0.05, 0) is 29.8 Å². The highest BCUT2D eigenvalue weighted by Crippen LogP contribution is 2.40. The van der Waals surface area contributed by atoms with Crippen LogP contribution in [0.15, 0.2) is 71.6 Å². The highest BCUT2D eigenvalue weighted by molar-refractivity contribution is 8.00. The van der Waals surface area contributed by atoms with Gasteiger partial charge in [-0.3, -0.25) is 9.59 Å². The molecule has 2 N–H and O–H groups in total. The molecule has 0 aliphatic heterocycles. The van der Waals surface area contributed by atoms with Crippen LogP contribution in [0.25, 0.3) is 0 Å². The van der Waals surface area contributed by atoms with Crippen molar-refractivity contribution in [3.63, 3.8) is 0 Å². The SMILES string of the molecule is COc1cc(OC)c(NC(=O)C(Sc2cccc(NC(C)=O)c2)c2ccccc2)cc1Cl. The van der Waals surface area contributed by atoms with Crippen molar-refractivity contribution in [3.8, 4) is 11.5 Å². The molecule has 0 aliphatic carbocycles. The highest BCUT2D eigenvalue weighted by atomic mass is 35.5. The molecule has 0 aliphatic rings. The molecule has 0 saturated heterocycles. The Hall–Kier alpha value is -3.16. The molecule has 3 aromatic carbocycles. The highest BCUT2D eigenvalue weighted by Gasteiger charge is 2.24. The van der Waals surface area contributed by atoms with Crippen LogP contribution in [0.5, 0.6) is 11.5 Å². The molecule has 0 saturated carbocycles. The van der Waals surface area contributed by atoms with E-state index >= 15 is 0 Å². The number of thioether (sulfide) groups is 1. The smallest absolute Gasteiger partial charge is 0.242 e. The summed E-state index contributed by atoms with van der Waals surface area (Å²) in [4.78, 5) is 25.6. The van der Waals surface area contributed by atoms with E-state index < -0.39 is 5.25 Å². The molecule has 0 bridgehead atoms. The number of benzene rings is 3. The van der Waals surface area contributed by atoms with Crippen molar-refractivity contribution in [3.05, 3.63) is 77.3 Å². The molecule has 0 aromatic heterocycles. The first-order valence-corrected chi connectivity index (χ1v) is 11.0. The average Bonchev–Trinajstić information content (AvgIpc) is 2.78. The van der Waals surface area contributed by atoms with Crippen molar-refractivity contribution in [1.29, 1.82) is 0 Å². The standard InChI is InChI=1S/C24H23ClN2O4S/c1-15(28)26-17-10-7-11-18(12-17)32-23(16-8-5-4-6-9-16)24(29)27-20-13-19(25)21(30-2)14-22(20)31-3/h4-14,23H,1-3H3,(H,26,28)(H,27,29). The van der Waals surface area contributed by atoms with Crippen LogP contribution in [0.1, 0.15) is 17.7 Å². The predicted octanol–water partition coefficient (Wildman–Crippen LogP) is 5.79. The number of rotatable bonds is 8. The molecule has 0 fully saturated rings. The van der Waals surface area contributed by atoms with Crippen LogP contribution in [0, 0.1) is 0 Å². The first-order valence-electron chi connectivity index (χ1n) is 9.73. The molecule has 3 rings (SSSR count). The van der Waals surface area contributed by atoms with E-state index in [1.165, 1.54) is 32.9 Å². The maximum Gasteiger partial charge on any atom is 0.242 e. The molecule has 166 valence electrons. The molecule has 6 nitrogen and oxygen atoms in total. The maximum atomic E-state index is 13.4.